The van der Waals surface area contributed by atoms with Crippen molar-refractivity contribution in [3.8, 4) is 0 Å². The van der Waals surface area contributed by atoms with Crippen molar-refractivity contribution < 1.29 is 5.11 Å². The molecule has 2 N–H and O–H groups in total. The van der Waals surface area contributed by atoms with Crippen molar-refractivity contribution in [2.75, 3.05) is 26.2 Å². The topological polar surface area (TPSA) is 35.5 Å². The summed E-state index contributed by atoms with van der Waals surface area (Å²) in [5.41, 5.74) is 1.23. The summed E-state index contributed by atoms with van der Waals surface area (Å²) in [5.74, 6) is 0. The van der Waals surface area contributed by atoms with E-state index in [2.05, 4.69) is 38.3 Å². The van der Waals surface area contributed by atoms with Crippen molar-refractivity contribution in [2.45, 2.75) is 25.5 Å². The fourth-order valence-electron chi connectivity index (χ4n) is 2.36. The van der Waals surface area contributed by atoms with E-state index in [1.807, 2.05) is 12.1 Å². The molecule has 1 unspecified atom stereocenters. The van der Waals surface area contributed by atoms with Gasteiger partial charge in [0.2, 0.25) is 0 Å². The normalized spacial score (nSPS) is 18.1. The number of likely N-dealkylation sites (tertiary alicyclic amines) is 1. The molecule has 0 amide bonds. The molecule has 1 heterocycles. The van der Waals surface area contributed by atoms with E-state index in [1.54, 1.807) is 0 Å². The lowest BCUT2D eigenvalue weighted by Gasteiger charge is -2.19. The number of aliphatic hydroxyl groups is 1. The number of nitrogens with zero attached hydrogens (tertiary/aromatic N) is 1. The van der Waals surface area contributed by atoms with Gasteiger partial charge in [-0.2, -0.15) is 0 Å². The van der Waals surface area contributed by atoms with E-state index in [1.165, 1.54) is 18.4 Å². The molecule has 0 aliphatic carbocycles. The Morgan fingerprint density at radius 3 is 2.83 bits per heavy atom. The van der Waals surface area contributed by atoms with Crippen LogP contribution in [0.2, 0.25) is 0 Å². The van der Waals surface area contributed by atoms with Gasteiger partial charge in [-0.1, -0.05) is 28.1 Å². The third kappa shape index (κ3) is 4.69. The smallest absolute Gasteiger partial charge is 0.0791 e. The van der Waals surface area contributed by atoms with Gasteiger partial charge in [0, 0.05) is 24.1 Å². The lowest BCUT2D eigenvalue weighted by molar-refractivity contribution is 0.123. The molecule has 0 aromatic heterocycles. The molecule has 1 aromatic carbocycles. The van der Waals surface area contributed by atoms with Crippen LogP contribution in [-0.4, -0.2) is 42.3 Å². The van der Waals surface area contributed by atoms with Gasteiger partial charge < -0.3 is 15.3 Å². The van der Waals surface area contributed by atoms with E-state index in [0.29, 0.717) is 6.54 Å². The number of hydrogen-bond donors (Lipinski definition) is 2. The Morgan fingerprint density at radius 2 is 2.11 bits per heavy atom. The number of β-amino-alcohol motifs (C(OH)–C–C–N with tert-alkyl or cyclic N) is 1. The predicted molar refractivity (Wildman–Crippen MR) is 77.5 cm³/mol. The highest BCUT2D eigenvalue weighted by Crippen LogP contribution is 2.11. The number of rotatable bonds is 6. The Morgan fingerprint density at radius 1 is 1.33 bits per heavy atom. The van der Waals surface area contributed by atoms with Gasteiger partial charge in [0.25, 0.3) is 0 Å². The maximum Gasteiger partial charge on any atom is 0.0791 e. The summed E-state index contributed by atoms with van der Waals surface area (Å²) in [5, 5.41) is 13.2. The summed E-state index contributed by atoms with van der Waals surface area (Å²) in [6, 6.07) is 8.23. The maximum atomic E-state index is 9.93. The molecule has 0 radical (unpaired) electrons. The Bertz CT molecular complexity index is 367. The average molecular weight is 313 g/mol. The standard InChI is InChI=1S/C14H21BrN2O/c15-13-5-3-4-12(8-13)9-16-10-14(18)11-17-6-1-2-7-17/h3-5,8,14,16,18H,1-2,6-7,9-11H2. The van der Waals surface area contributed by atoms with Crippen LogP contribution in [0.15, 0.2) is 28.7 Å². The maximum absolute atomic E-state index is 9.93. The lowest BCUT2D eigenvalue weighted by atomic mass is 10.2. The molecule has 1 aromatic rings. The molecular formula is C14H21BrN2O. The van der Waals surface area contributed by atoms with Crippen molar-refractivity contribution >= 4 is 15.9 Å². The molecular weight excluding hydrogens is 292 g/mol. The summed E-state index contributed by atoms with van der Waals surface area (Å²) >= 11 is 3.46. The highest BCUT2D eigenvalue weighted by molar-refractivity contribution is 9.10. The van der Waals surface area contributed by atoms with E-state index >= 15 is 0 Å². The molecule has 1 aliphatic heterocycles. The first kappa shape index (κ1) is 14.0. The first-order valence-electron chi connectivity index (χ1n) is 6.59. The molecule has 18 heavy (non-hydrogen) atoms. The van der Waals surface area contributed by atoms with Crippen LogP contribution in [0, 0.1) is 0 Å². The highest BCUT2D eigenvalue weighted by Gasteiger charge is 2.15. The zero-order valence-corrected chi connectivity index (χ0v) is 12.2. The number of halogens is 1. The van der Waals surface area contributed by atoms with Gasteiger partial charge in [0.15, 0.2) is 0 Å². The molecule has 1 atom stereocenters. The van der Waals surface area contributed by atoms with Crippen LogP contribution in [0.25, 0.3) is 0 Å². The summed E-state index contributed by atoms with van der Waals surface area (Å²) in [6.45, 7) is 4.54. The molecule has 1 saturated heterocycles. The van der Waals surface area contributed by atoms with Crippen molar-refractivity contribution in [1.29, 1.82) is 0 Å². The van der Waals surface area contributed by atoms with Crippen LogP contribution < -0.4 is 5.32 Å². The van der Waals surface area contributed by atoms with Crippen LogP contribution in [-0.2, 0) is 6.54 Å². The van der Waals surface area contributed by atoms with E-state index in [4.69, 9.17) is 0 Å². The summed E-state index contributed by atoms with van der Waals surface area (Å²) in [7, 11) is 0. The van der Waals surface area contributed by atoms with Crippen molar-refractivity contribution in [3.63, 3.8) is 0 Å². The zero-order chi connectivity index (χ0) is 12.8. The van der Waals surface area contributed by atoms with Gasteiger partial charge in [0.05, 0.1) is 6.10 Å². The molecule has 4 heteroatoms. The fourth-order valence-corrected chi connectivity index (χ4v) is 2.80. The third-order valence-electron chi connectivity index (χ3n) is 3.27. The summed E-state index contributed by atoms with van der Waals surface area (Å²) in [4.78, 5) is 2.34. The van der Waals surface area contributed by atoms with Crippen LogP contribution in [0.4, 0.5) is 0 Å². The van der Waals surface area contributed by atoms with Gasteiger partial charge in [-0.25, -0.2) is 0 Å². The largest absolute Gasteiger partial charge is 0.390 e. The fraction of sp³-hybridized carbons (Fsp3) is 0.571. The monoisotopic (exact) mass is 312 g/mol. The van der Waals surface area contributed by atoms with Crippen LogP contribution in [0.3, 0.4) is 0 Å². The second-order valence-corrected chi connectivity index (χ2v) is 5.84. The second kappa shape index (κ2) is 7.24. The minimum Gasteiger partial charge on any atom is -0.390 e. The molecule has 3 nitrogen and oxygen atoms in total. The Kier molecular flexibility index (Phi) is 5.63. The van der Waals surface area contributed by atoms with Gasteiger partial charge in [-0.15, -0.1) is 0 Å². The second-order valence-electron chi connectivity index (χ2n) is 4.92. The summed E-state index contributed by atoms with van der Waals surface area (Å²) < 4.78 is 1.10. The number of benzene rings is 1. The third-order valence-corrected chi connectivity index (χ3v) is 3.76. The molecule has 2 rings (SSSR count). The van der Waals surface area contributed by atoms with Crippen molar-refractivity contribution in [3.05, 3.63) is 34.3 Å². The van der Waals surface area contributed by atoms with Gasteiger partial charge in [0.1, 0.15) is 0 Å². The zero-order valence-electron chi connectivity index (χ0n) is 10.6. The number of aliphatic hydroxyl groups excluding tert-OH is 1. The minimum absolute atomic E-state index is 0.268. The van der Waals surface area contributed by atoms with Gasteiger partial charge in [-0.3, -0.25) is 0 Å². The van der Waals surface area contributed by atoms with E-state index < -0.39 is 0 Å². The van der Waals surface area contributed by atoms with Gasteiger partial charge >= 0.3 is 0 Å². The quantitative estimate of drug-likeness (QED) is 0.843. The molecule has 0 spiro atoms. The predicted octanol–water partition coefficient (Wildman–Crippen LogP) is 2.00. The van der Waals surface area contributed by atoms with Crippen LogP contribution >= 0.6 is 15.9 Å². The Balaban J connectivity index is 1.65. The SMILES string of the molecule is OC(CNCc1cccc(Br)c1)CN1CCCC1. The highest BCUT2D eigenvalue weighted by atomic mass is 79.9. The van der Waals surface area contributed by atoms with Crippen LogP contribution in [0.1, 0.15) is 18.4 Å². The number of nitrogens with one attached hydrogen (secondary N) is 1. The van der Waals surface area contributed by atoms with E-state index in [9.17, 15) is 5.11 Å². The molecule has 1 fully saturated rings. The van der Waals surface area contributed by atoms with Gasteiger partial charge in [-0.05, 0) is 43.6 Å². The summed E-state index contributed by atoms with van der Waals surface area (Å²) in [6.07, 6.45) is 2.28. The molecule has 1 aliphatic rings. The van der Waals surface area contributed by atoms with Crippen LogP contribution in [0.5, 0.6) is 0 Å². The first-order chi connectivity index (χ1) is 8.74. The molecule has 0 saturated carbocycles. The lowest BCUT2D eigenvalue weighted by Crippen LogP contribution is -2.36. The first-order valence-corrected chi connectivity index (χ1v) is 7.39. The Hall–Kier alpha value is -0.420. The Labute approximate surface area is 117 Å². The van der Waals surface area contributed by atoms with Crippen molar-refractivity contribution in [1.82, 2.24) is 10.2 Å². The van der Waals surface area contributed by atoms with E-state index in [0.717, 1.165) is 30.7 Å². The average Bonchev–Trinajstić information content (AvgIpc) is 2.82. The van der Waals surface area contributed by atoms with Crippen molar-refractivity contribution in [2.24, 2.45) is 0 Å². The molecule has 100 valence electrons. The molecule has 0 bridgehead atoms. The minimum atomic E-state index is -0.268. The van der Waals surface area contributed by atoms with E-state index in [-0.39, 0.29) is 6.10 Å². The number of hydrogen-bond acceptors (Lipinski definition) is 3.